The minimum absolute atomic E-state index is 0.0432. The van der Waals surface area contributed by atoms with Gasteiger partial charge in [-0.15, -0.1) is 0 Å². The highest BCUT2D eigenvalue weighted by atomic mass is 16.6. The number of carbonyl (C=O) groups excluding carboxylic acids is 3. The van der Waals surface area contributed by atoms with Gasteiger partial charge in [-0.1, -0.05) is 0 Å². The number of aliphatic hydroxyl groups excluding tert-OH is 1. The summed E-state index contributed by atoms with van der Waals surface area (Å²) in [5.41, 5.74) is 5.26. The van der Waals surface area contributed by atoms with Gasteiger partial charge in [0.05, 0.1) is 13.0 Å². The van der Waals surface area contributed by atoms with Crippen LogP contribution in [0.4, 0.5) is 0 Å². The van der Waals surface area contributed by atoms with E-state index >= 15 is 0 Å². The summed E-state index contributed by atoms with van der Waals surface area (Å²) in [6, 6.07) is -0.562. The van der Waals surface area contributed by atoms with E-state index in [2.05, 4.69) is 0 Å². The van der Waals surface area contributed by atoms with Crippen molar-refractivity contribution in [2.24, 2.45) is 11.7 Å². The fraction of sp³-hybridized carbons (Fsp3) is 0.800. The van der Waals surface area contributed by atoms with Crippen molar-refractivity contribution < 1.29 is 29.0 Å². The van der Waals surface area contributed by atoms with E-state index in [0.717, 1.165) is 0 Å². The molecule has 0 aromatic heterocycles. The summed E-state index contributed by atoms with van der Waals surface area (Å²) in [7, 11) is 5.60. The molecular formula is C15H23BN2O6. The van der Waals surface area contributed by atoms with Gasteiger partial charge in [0.25, 0.3) is 0 Å². The molecule has 0 aromatic carbocycles. The number of likely N-dealkylation sites (tertiary alicyclic amines) is 1. The molecule has 24 heavy (non-hydrogen) atoms. The van der Waals surface area contributed by atoms with Gasteiger partial charge < -0.3 is 25.2 Å². The fourth-order valence-electron chi connectivity index (χ4n) is 3.04. The first-order chi connectivity index (χ1) is 11.4. The Morgan fingerprint density at radius 2 is 1.92 bits per heavy atom. The number of ether oxygens (including phenoxy) is 2. The zero-order valence-corrected chi connectivity index (χ0v) is 13.6. The first kappa shape index (κ1) is 18.7. The molecule has 3 atom stereocenters. The van der Waals surface area contributed by atoms with Gasteiger partial charge in [0.2, 0.25) is 11.8 Å². The van der Waals surface area contributed by atoms with Crippen LogP contribution in [0.15, 0.2) is 0 Å². The van der Waals surface area contributed by atoms with Gasteiger partial charge in [-0.3, -0.25) is 14.4 Å². The quantitative estimate of drug-likeness (QED) is 0.458. The second-order valence-electron chi connectivity index (χ2n) is 6.22. The van der Waals surface area contributed by atoms with Gasteiger partial charge in [0, 0.05) is 37.9 Å². The van der Waals surface area contributed by atoms with Crippen molar-refractivity contribution in [3.63, 3.8) is 0 Å². The molecule has 8 nitrogen and oxygen atoms in total. The number of piperidine rings is 1. The Labute approximate surface area is 142 Å². The Morgan fingerprint density at radius 3 is 2.50 bits per heavy atom. The lowest BCUT2D eigenvalue weighted by atomic mass is 9.96. The number of nitrogens with zero attached hydrogens (tertiary/aromatic N) is 1. The van der Waals surface area contributed by atoms with Gasteiger partial charge in [-0.25, -0.2) is 0 Å². The van der Waals surface area contributed by atoms with E-state index in [1.807, 2.05) is 0 Å². The van der Waals surface area contributed by atoms with Gasteiger partial charge in [0.15, 0.2) is 0 Å². The number of hydrogen-bond donors (Lipinski definition) is 2. The van der Waals surface area contributed by atoms with Crippen LogP contribution in [0.3, 0.4) is 0 Å². The molecule has 2 amide bonds. The molecule has 0 aliphatic carbocycles. The predicted octanol–water partition coefficient (Wildman–Crippen LogP) is -1.32. The third kappa shape index (κ3) is 4.94. The fourth-order valence-corrected chi connectivity index (χ4v) is 3.04. The second-order valence-corrected chi connectivity index (χ2v) is 6.22. The molecule has 2 rings (SSSR count). The van der Waals surface area contributed by atoms with Gasteiger partial charge in [-0.05, 0) is 12.8 Å². The van der Waals surface area contributed by atoms with E-state index in [-0.39, 0.29) is 37.2 Å². The van der Waals surface area contributed by atoms with Crippen LogP contribution in [0.5, 0.6) is 0 Å². The number of aliphatic hydroxyl groups is 1. The lowest BCUT2D eigenvalue weighted by Crippen LogP contribution is -2.41. The standard InChI is InChI=1S/C15H23BN2O6/c16-12-7-10(11(8-19)23-12)24-14(21)2-1-13(20)18-5-3-9(4-6-18)15(17)22/h9-12,19H,1-8H2,(H2,17,22)/t10-,11-,12-/m1/s1. The van der Waals surface area contributed by atoms with Crippen molar-refractivity contribution in [3.05, 3.63) is 0 Å². The maximum absolute atomic E-state index is 12.1. The lowest BCUT2D eigenvalue weighted by molar-refractivity contribution is -0.154. The molecule has 9 heteroatoms. The largest absolute Gasteiger partial charge is 0.459 e. The highest BCUT2D eigenvalue weighted by molar-refractivity contribution is 6.11. The van der Waals surface area contributed by atoms with Crippen LogP contribution in [0, 0.1) is 5.92 Å². The number of hydrogen-bond acceptors (Lipinski definition) is 6. The molecule has 2 fully saturated rings. The molecule has 0 bridgehead atoms. The SMILES string of the molecule is [B][C@H]1C[C@@H](OC(=O)CCC(=O)N2CCC(C(N)=O)CC2)[C@@H](CO)O1. The van der Waals surface area contributed by atoms with Crippen LogP contribution in [0.25, 0.3) is 0 Å². The first-order valence-electron chi connectivity index (χ1n) is 8.19. The monoisotopic (exact) mass is 338 g/mol. The molecule has 2 radical (unpaired) electrons. The molecule has 0 saturated carbocycles. The average Bonchev–Trinajstić information content (AvgIpc) is 2.92. The van der Waals surface area contributed by atoms with Crippen molar-refractivity contribution in [3.8, 4) is 0 Å². The Bertz CT molecular complexity index is 481. The summed E-state index contributed by atoms with van der Waals surface area (Å²) in [6.07, 6.45) is 0.238. The lowest BCUT2D eigenvalue weighted by Gasteiger charge is -2.30. The number of carbonyl (C=O) groups is 3. The Morgan fingerprint density at radius 1 is 1.25 bits per heavy atom. The third-order valence-corrected chi connectivity index (χ3v) is 4.48. The minimum atomic E-state index is -0.618. The Kier molecular flexibility index (Phi) is 6.62. The summed E-state index contributed by atoms with van der Waals surface area (Å²) < 4.78 is 10.4. The minimum Gasteiger partial charge on any atom is -0.459 e. The van der Waals surface area contributed by atoms with Crippen molar-refractivity contribution in [1.82, 2.24) is 4.90 Å². The van der Waals surface area contributed by atoms with E-state index < -0.39 is 24.2 Å². The molecule has 0 aromatic rings. The van der Waals surface area contributed by atoms with Gasteiger partial charge in [-0.2, -0.15) is 0 Å². The zero-order valence-electron chi connectivity index (χ0n) is 13.6. The van der Waals surface area contributed by atoms with Gasteiger partial charge in [0.1, 0.15) is 20.1 Å². The topological polar surface area (TPSA) is 119 Å². The van der Waals surface area contributed by atoms with E-state index in [1.54, 1.807) is 4.90 Å². The molecule has 2 heterocycles. The third-order valence-electron chi connectivity index (χ3n) is 4.48. The predicted molar refractivity (Wildman–Crippen MR) is 83.7 cm³/mol. The number of rotatable bonds is 6. The number of amides is 2. The van der Waals surface area contributed by atoms with Crippen LogP contribution in [-0.4, -0.2) is 73.5 Å². The normalized spacial score (nSPS) is 27.9. The summed E-state index contributed by atoms with van der Waals surface area (Å²) in [6.45, 7) is 0.665. The number of primary amides is 1. The summed E-state index contributed by atoms with van der Waals surface area (Å²) in [4.78, 5) is 36.7. The van der Waals surface area contributed by atoms with Gasteiger partial charge >= 0.3 is 5.97 Å². The smallest absolute Gasteiger partial charge is 0.306 e. The van der Waals surface area contributed by atoms with E-state index in [1.165, 1.54) is 0 Å². The molecular weight excluding hydrogens is 315 g/mol. The van der Waals surface area contributed by atoms with Crippen molar-refractivity contribution in [2.75, 3.05) is 19.7 Å². The van der Waals surface area contributed by atoms with Crippen LogP contribution >= 0.6 is 0 Å². The van der Waals surface area contributed by atoms with E-state index in [9.17, 15) is 14.4 Å². The van der Waals surface area contributed by atoms with Crippen molar-refractivity contribution in [1.29, 1.82) is 0 Å². The number of nitrogens with two attached hydrogens (primary N) is 1. The molecule has 3 N–H and O–H groups in total. The molecule has 2 aliphatic heterocycles. The Balaban J connectivity index is 1.70. The zero-order chi connectivity index (χ0) is 17.7. The van der Waals surface area contributed by atoms with Crippen LogP contribution < -0.4 is 5.73 Å². The average molecular weight is 338 g/mol. The van der Waals surface area contributed by atoms with Crippen molar-refractivity contribution in [2.45, 2.75) is 50.3 Å². The molecule has 2 aliphatic rings. The van der Waals surface area contributed by atoms with E-state index in [0.29, 0.717) is 32.4 Å². The summed E-state index contributed by atoms with van der Waals surface area (Å²) in [5, 5.41) is 9.15. The highest BCUT2D eigenvalue weighted by Gasteiger charge is 2.35. The maximum atomic E-state index is 12.1. The summed E-state index contributed by atoms with van der Waals surface area (Å²) >= 11 is 0. The maximum Gasteiger partial charge on any atom is 0.306 e. The molecule has 0 spiro atoms. The molecule has 132 valence electrons. The van der Waals surface area contributed by atoms with Crippen LogP contribution in [0.1, 0.15) is 32.1 Å². The molecule has 2 saturated heterocycles. The number of esters is 1. The summed E-state index contributed by atoms with van der Waals surface area (Å²) in [5.74, 6) is -1.17. The van der Waals surface area contributed by atoms with E-state index in [4.69, 9.17) is 28.2 Å². The molecule has 0 unspecified atom stereocenters. The van der Waals surface area contributed by atoms with Crippen molar-refractivity contribution >= 4 is 25.6 Å². The first-order valence-corrected chi connectivity index (χ1v) is 8.19. The van der Waals surface area contributed by atoms with Crippen LogP contribution in [-0.2, 0) is 23.9 Å². The van der Waals surface area contributed by atoms with Crippen LogP contribution in [0.2, 0.25) is 0 Å². The Hall–Kier alpha value is -1.61. The second kappa shape index (κ2) is 8.48. The highest BCUT2D eigenvalue weighted by Crippen LogP contribution is 2.22.